The molecule has 1 saturated heterocycles. The highest BCUT2D eigenvalue weighted by atomic mass is 15.3. The first-order valence-corrected chi connectivity index (χ1v) is 6.51. The van der Waals surface area contributed by atoms with Gasteiger partial charge in [-0.15, -0.1) is 5.10 Å². The van der Waals surface area contributed by atoms with Gasteiger partial charge >= 0.3 is 0 Å². The van der Waals surface area contributed by atoms with Crippen LogP contribution in [0.5, 0.6) is 0 Å². The predicted molar refractivity (Wildman–Crippen MR) is 72.5 cm³/mol. The van der Waals surface area contributed by atoms with E-state index in [-0.39, 0.29) is 11.6 Å². The number of nitrogens with two attached hydrogens (primary N) is 1. The van der Waals surface area contributed by atoms with E-state index in [2.05, 4.69) is 32.2 Å². The average molecular weight is 258 g/mol. The Morgan fingerprint density at radius 1 is 1.42 bits per heavy atom. The van der Waals surface area contributed by atoms with Crippen molar-refractivity contribution in [1.29, 1.82) is 0 Å². The summed E-state index contributed by atoms with van der Waals surface area (Å²) in [5, 5.41) is 15.4. The molecule has 0 amide bonds. The van der Waals surface area contributed by atoms with Crippen molar-refractivity contribution in [1.82, 2.24) is 20.4 Å². The number of anilines is 1. The number of piperidine rings is 1. The van der Waals surface area contributed by atoms with Crippen molar-refractivity contribution in [3.8, 4) is 0 Å². The highest BCUT2D eigenvalue weighted by Gasteiger charge is 2.40. The highest BCUT2D eigenvalue weighted by Crippen LogP contribution is 2.38. The smallest absolute Gasteiger partial charge is 0.151 e. The maximum atomic E-state index is 6.16. The van der Waals surface area contributed by atoms with Gasteiger partial charge in [0.15, 0.2) is 5.82 Å². The van der Waals surface area contributed by atoms with Crippen LogP contribution in [0.15, 0.2) is 30.6 Å². The van der Waals surface area contributed by atoms with Gasteiger partial charge in [-0.05, 0) is 38.0 Å². The molecule has 1 aliphatic rings. The Balaban J connectivity index is 2.02. The lowest BCUT2D eigenvalue weighted by atomic mass is 9.83. The van der Waals surface area contributed by atoms with E-state index in [4.69, 9.17) is 5.73 Å². The third-order valence-corrected chi connectivity index (χ3v) is 3.89. The fraction of sp³-hybridized carbons (Fsp3) is 0.462. The second-order valence-corrected chi connectivity index (χ2v) is 5.23. The molecule has 19 heavy (non-hydrogen) atoms. The Hall–Kier alpha value is -1.95. The van der Waals surface area contributed by atoms with Gasteiger partial charge in [0.05, 0.1) is 11.2 Å². The number of hydrogen-bond acceptors (Lipinski definition) is 5. The minimum Gasteiger partial charge on any atom is -0.344 e. The molecule has 100 valence electrons. The van der Waals surface area contributed by atoms with Crippen LogP contribution < -0.4 is 10.6 Å². The monoisotopic (exact) mass is 258 g/mol. The summed E-state index contributed by atoms with van der Waals surface area (Å²) in [6.07, 6.45) is 5.29. The molecule has 1 aliphatic heterocycles. The molecular weight excluding hydrogens is 240 g/mol. The molecule has 6 heteroatoms. The van der Waals surface area contributed by atoms with E-state index in [1.54, 1.807) is 12.4 Å². The number of hydrogen-bond donors (Lipinski definition) is 2. The molecule has 6 nitrogen and oxygen atoms in total. The fourth-order valence-corrected chi connectivity index (χ4v) is 2.88. The molecule has 0 radical (unpaired) electrons. The summed E-state index contributed by atoms with van der Waals surface area (Å²) in [6.45, 7) is 3.05. The van der Waals surface area contributed by atoms with Crippen LogP contribution in [0.1, 0.15) is 25.5 Å². The summed E-state index contributed by atoms with van der Waals surface area (Å²) in [7, 11) is 0. The van der Waals surface area contributed by atoms with Crippen molar-refractivity contribution in [3.63, 3.8) is 0 Å². The zero-order valence-electron chi connectivity index (χ0n) is 11.0. The van der Waals surface area contributed by atoms with E-state index < -0.39 is 0 Å². The van der Waals surface area contributed by atoms with Crippen LogP contribution in [-0.4, -0.2) is 33.0 Å². The van der Waals surface area contributed by atoms with Gasteiger partial charge in [0, 0.05) is 25.0 Å². The lowest BCUT2D eigenvalue weighted by molar-refractivity contribution is 0.300. The zero-order valence-corrected chi connectivity index (χ0v) is 11.0. The normalized spacial score (nSPS) is 27.5. The van der Waals surface area contributed by atoms with Crippen molar-refractivity contribution in [2.75, 3.05) is 11.4 Å². The molecule has 0 spiro atoms. The quantitative estimate of drug-likeness (QED) is 0.841. The Kier molecular flexibility index (Phi) is 2.94. The predicted octanol–water partition coefficient (Wildman–Crippen LogP) is 1.04. The molecule has 1 fully saturated rings. The molecule has 0 aromatic carbocycles. The molecule has 0 aliphatic carbocycles. The molecule has 3 rings (SSSR count). The van der Waals surface area contributed by atoms with E-state index in [0.717, 1.165) is 30.9 Å². The van der Waals surface area contributed by atoms with E-state index in [1.165, 1.54) is 0 Å². The molecule has 3 N–H and O–H groups in total. The number of nitrogens with zero attached hydrogens (tertiary/aromatic N) is 4. The van der Waals surface area contributed by atoms with Crippen molar-refractivity contribution in [2.45, 2.75) is 31.3 Å². The maximum Gasteiger partial charge on any atom is 0.151 e. The lowest BCUT2D eigenvalue weighted by Crippen LogP contribution is -2.54. The Morgan fingerprint density at radius 2 is 2.32 bits per heavy atom. The van der Waals surface area contributed by atoms with Gasteiger partial charge in [-0.25, -0.2) is 0 Å². The first-order chi connectivity index (χ1) is 9.20. The van der Waals surface area contributed by atoms with Gasteiger partial charge in [-0.2, -0.15) is 10.2 Å². The summed E-state index contributed by atoms with van der Waals surface area (Å²) in [5.74, 6) is 0.881. The molecule has 2 atom stereocenters. The van der Waals surface area contributed by atoms with Crippen molar-refractivity contribution >= 4 is 5.82 Å². The van der Waals surface area contributed by atoms with Gasteiger partial charge in [-0.3, -0.25) is 5.10 Å². The summed E-state index contributed by atoms with van der Waals surface area (Å²) in [5.41, 5.74) is 7.00. The van der Waals surface area contributed by atoms with Gasteiger partial charge in [0.2, 0.25) is 0 Å². The first-order valence-electron chi connectivity index (χ1n) is 6.51. The van der Waals surface area contributed by atoms with Crippen LogP contribution >= 0.6 is 0 Å². The highest BCUT2D eigenvalue weighted by molar-refractivity contribution is 5.44. The Labute approximate surface area is 112 Å². The third-order valence-electron chi connectivity index (χ3n) is 3.89. The number of H-pyrrole nitrogens is 1. The molecule has 0 bridgehead atoms. The van der Waals surface area contributed by atoms with E-state index >= 15 is 0 Å². The zero-order chi connectivity index (χ0) is 13.3. The lowest BCUT2D eigenvalue weighted by Gasteiger charge is -2.46. The topological polar surface area (TPSA) is 83.7 Å². The molecular formula is C13H18N6. The van der Waals surface area contributed by atoms with Crippen LogP contribution in [0.25, 0.3) is 0 Å². The Bertz CT molecular complexity index is 525. The minimum atomic E-state index is -0.218. The van der Waals surface area contributed by atoms with Crippen LogP contribution in [0.2, 0.25) is 0 Å². The summed E-state index contributed by atoms with van der Waals surface area (Å²) < 4.78 is 0. The van der Waals surface area contributed by atoms with Crippen LogP contribution in [0, 0.1) is 0 Å². The van der Waals surface area contributed by atoms with Crippen molar-refractivity contribution in [3.05, 3.63) is 36.3 Å². The second kappa shape index (κ2) is 4.62. The molecule has 3 heterocycles. The largest absolute Gasteiger partial charge is 0.344 e. The first kappa shape index (κ1) is 12.1. The van der Waals surface area contributed by atoms with Crippen LogP contribution in [-0.2, 0) is 5.54 Å². The summed E-state index contributed by atoms with van der Waals surface area (Å²) in [6, 6.07) is 6.09. The minimum absolute atomic E-state index is 0.196. The van der Waals surface area contributed by atoms with E-state index in [1.807, 2.05) is 18.2 Å². The number of aromatic nitrogens is 4. The van der Waals surface area contributed by atoms with Gasteiger partial charge < -0.3 is 10.6 Å². The van der Waals surface area contributed by atoms with Gasteiger partial charge in [0.25, 0.3) is 0 Å². The van der Waals surface area contributed by atoms with Gasteiger partial charge in [-0.1, -0.05) is 0 Å². The molecule has 2 aromatic rings. The standard InChI is InChI=1S/C13H18N6/c1-13(11-4-7-16-17-11)9-10(14)5-8-19(13)12-3-2-6-15-18-12/h2-4,6-7,10H,5,8-9,14H2,1H3,(H,16,17). The van der Waals surface area contributed by atoms with Crippen LogP contribution in [0.4, 0.5) is 5.82 Å². The van der Waals surface area contributed by atoms with E-state index in [9.17, 15) is 0 Å². The summed E-state index contributed by atoms with van der Waals surface area (Å²) in [4.78, 5) is 2.26. The molecule has 2 aromatic heterocycles. The molecule has 2 unspecified atom stereocenters. The summed E-state index contributed by atoms with van der Waals surface area (Å²) >= 11 is 0. The number of aromatic amines is 1. The number of nitrogens with one attached hydrogen (secondary N) is 1. The SMILES string of the molecule is CC1(c2ccn[nH]2)CC(N)CCN1c1cccnn1. The van der Waals surface area contributed by atoms with Crippen LogP contribution in [0.3, 0.4) is 0 Å². The fourth-order valence-electron chi connectivity index (χ4n) is 2.88. The average Bonchev–Trinajstić information content (AvgIpc) is 2.94. The van der Waals surface area contributed by atoms with Crippen molar-refractivity contribution < 1.29 is 0 Å². The number of rotatable bonds is 2. The molecule has 0 saturated carbocycles. The van der Waals surface area contributed by atoms with E-state index in [0.29, 0.717) is 0 Å². The van der Waals surface area contributed by atoms with Crippen molar-refractivity contribution in [2.24, 2.45) is 5.73 Å². The second-order valence-electron chi connectivity index (χ2n) is 5.23. The Morgan fingerprint density at radius 3 is 3.00 bits per heavy atom. The maximum absolute atomic E-state index is 6.16. The van der Waals surface area contributed by atoms with Gasteiger partial charge in [0.1, 0.15) is 0 Å². The third kappa shape index (κ3) is 2.08.